The quantitative estimate of drug-likeness (QED) is 0.666. The molecule has 0 spiro atoms. The lowest BCUT2D eigenvalue weighted by Crippen LogP contribution is -2.54. The van der Waals surface area contributed by atoms with Gasteiger partial charge in [-0.1, -0.05) is 11.2 Å². The number of nitrogens with zero attached hydrogens (tertiary/aromatic N) is 4. The highest BCUT2D eigenvalue weighted by Gasteiger charge is 2.48. The minimum absolute atomic E-state index is 0.389. The molecule has 21 heavy (non-hydrogen) atoms. The van der Waals surface area contributed by atoms with E-state index in [4.69, 9.17) is 0 Å². The highest BCUT2D eigenvalue weighted by atomic mass is 16.4. The van der Waals surface area contributed by atoms with Crippen LogP contribution >= 0.6 is 0 Å². The summed E-state index contributed by atoms with van der Waals surface area (Å²) in [5.41, 5.74) is 1.05. The summed E-state index contributed by atoms with van der Waals surface area (Å²) in [5, 5.41) is 13.0. The van der Waals surface area contributed by atoms with Gasteiger partial charge in [0.2, 0.25) is 0 Å². The van der Waals surface area contributed by atoms with Crippen molar-refractivity contribution in [1.29, 1.82) is 0 Å². The first-order valence-corrected chi connectivity index (χ1v) is 7.98. The Morgan fingerprint density at radius 1 is 1.14 bits per heavy atom. The van der Waals surface area contributed by atoms with E-state index >= 15 is 0 Å². The number of anilines is 1. The van der Waals surface area contributed by atoms with Crippen LogP contribution in [0.5, 0.6) is 0 Å². The smallest absolute Gasteiger partial charge is 0.128 e. The van der Waals surface area contributed by atoms with Crippen LogP contribution in [-0.2, 0) is 0 Å². The molecule has 2 saturated carbocycles. The summed E-state index contributed by atoms with van der Waals surface area (Å²) in [4.78, 5) is 9.31. The molecule has 0 radical (unpaired) electrons. The normalized spacial score (nSPS) is 34.8. The fourth-order valence-corrected chi connectivity index (χ4v) is 4.45. The summed E-state index contributed by atoms with van der Waals surface area (Å²) in [6, 6.07) is 6.47. The molecule has 1 saturated heterocycles. The van der Waals surface area contributed by atoms with Gasteiger partial charge in [0.15, 0.2) is 0 Å². The molecular formula is C16H22N4O. The van der Waals surface area contributed by atoms with Crippen LogP contribution in [0.25, 0.3) is 0 Å². The number of piperazine rings is 1. The van der Waals surface area contributed by atoms with E-state index in [1.54, 1.807) is 0 Å². The van der Waals surface area contributed by atoms with Gasteiger partial charge in [-0.05, 0) is 37.3 Å². The Labute approximate surface area is 125 Å². The minimum atomic E-state index is 0.389. The molecule has 0 aromatic carbocycles. The lowest BCUT2D eigenvalue weighted by atomic mass is 9.91. The van der Waals surface area contributed by atoms with Gasteiger partial charge in [-0.2, -0.15) is 0 Å². The molecule has 3 aliphatic rings. The molecule has 2 heterocycles. The van der Waals surface area contributed by atoms with Crippen LogP contribution in [0.1, 0.15) is 19.3 Å². The van der Waals surface area contributed by atoms with E-state index in [-0.39, 0.29) is 0 Å². The summed E-state index contributed by atoms with van der Waals surface area (Å²) in [6.07, 6.45) is 5.60. The van der Waals surface area contributed by atoms with Gasteiger partial charge >= 0.3 is 0 Å². The van der Waals surface area contributed by atoms with Gasteiger partial charge < -0.3 is 10.1 Å². The molecule has 3 atom stereocenters. The van der Waals surface area contributed by atoms with Crippen molar-refractivity contribution in [2.75, 3.05) is 31.1 Å². The zero-order valence-electron chi connectivity index (χ0n) is 12.2. The van der Waals surface area contributed by atoms with E-state index in [0.717, 1.165) is 37.7 Å². The maximum absolute atomic E-state index is 9.36. The van der Waals surface area contributed by atoms with Crippen LogP contribution in [0.15, 0.2) is 29.6 Å². The number of hydrogen-bond acceptors (Lipinski definition) is 5. The van der Waals surface area contributed by atoms with Crippen LogP contribution in [0.4, 0.5) is 5.82 Å². The average Bonchev–Trinajstić information content (AvgIpc) is 3.16. The molecule has 1 aliphatic heterocycles. The second kappa shape index (κ2) is 5.30. The van der Waals surface area contributed by atoms with Crippen molar-refractivity contribution in [2.24, 2.45) is 17.0 Å². The van der Waals surface area contributed by atoms with Gasteiger partial charge in [0.25, 0.3) is 0 Å². The van der Waals surface area contributed by atoms with Crippen LogP contribution in [0, 0.1) is 11.8 Å². The SMILES string of the molecule is O/N=C1\C2CCC(C2)C1N1CCN(c2ccccn2)CC1. The molecule has 5 nitrogen and oxygen atoms in total. The van der Waals surface area contributed by atoms with Crippen molar-refractivity contribution in [3.63, 3.8) is 0 Å². The second-order valence-corrected chi connectivity index (χ2v) is 6.45. The Hall–Kier alpha value is -1.62. The van der Waals surface area contributed by atoms with E-state index in [9.17, 15) is 5.21 Å². The summed E-state index contributed by atoms with van der Waals surface area (Å²) in [7, 11) is 0. The molecule has 2 aliphatic carbocycles. The van der Waals surface area contributed by atoms with E-state index in [1.807, 2.05) is 18.3 Å². The van der Waals surface area contributed by atoms with Crippen molar-refractivity contribution in [2.45, 2.75) is 25.3 Å². The summed E-state index contributed by atoms with van der Waals surface area (Å²) < 4.78 is 0. The third-order valence-electron chi connectivity index (χ3n) is 5.44. The van der Waals surface area contributed by atoms with Crippen molar-refractivity contribution < 1.29 is 5.21 Å². The molecule has 1 N–H and O–H groups in total. The molecule has 1 aromatic rings. The van der Waals surface area contributed by atoms with E-state index in [1.165, 1.54) is 19.3 Å². The number of pyridine rings is 1. The number of fused-ring (bicyclic) bond motifs is 2. The molecule has 4 rings (SSSR count). The summed E-state index contributed by atoms with van der Waals surface area (Å²) in [6.45, 7) is 4.07. The lowest BCUT2D eigenvalue weighted by molar-refractivity contribution is 0.181. The molecule has 3 unspecified atom stereocenters. The van der Waals surface area contributed by atoms with Crippen LogP contribution < -0.4 is 4.90 Å². The molecule has 3 fully saturated rings. The molecule has 1 aromatic heterocycles. The van der Waals surface area contributed by atoms with Crippen molar-refractivity contribution in [3.05, 3.63) is 24.4 Å². The van der Waals surface area contributed by atoms with Crippen molar-refractivity contribution in [1.82, 2.24) is 9.88 Å². The predicted octanol–water partition coefficient (Wildman–Crippen LogP) is 1.83. The van der Waals surface area contributed by atoms with Gasteiger partial charge in [0, 0.05) is 38.3 Å². The summed E-state index contributed by atoms with van der Waals surface area (Å²) >= 11 is 0. The Kier molecular flexibility index (Phi) is 3.30. The van der Waals surface area contributed by atoms with E-state index in [0.29, 0.717) is 17.9 Å². The maximum atomic E-state index is 9.36. The average molecular weight is 286 g/mol. The molecular weight excluding hydrogens is 264 g/mol. The van der Waals surface area contributed by atoms with E-state index in [2.05, 4.69) is 26.0 Å². The number of aromatic nitrogens is 1. The zero-order chi connectivity index (χ0) is 14.2. The Bertz CT molecular complexity index is 524. The molecule has 112 valence electrons. The van der Waals surface area contributed by atoms with Gasteiger partial charge in [0.1, 0.15) is 5.82 Å². The van der Waals surface area contributed by atoms with Crippen LogP contribution in [0.3, 0.4) is 0 Å². The van der Waals surface area contributed by atoms with Gasteiger partial charge in [-0.15, -0.1) is 0 Å². The minimum Gasteiger partial charge on any atom is -0.411 e. The van der Waals surface area contributed by atoms with Crippen molar-refractivity contribution >= 4 is 11.5 Å². The second-order valence-electron chi connectivity index (χ2n) is 6.45. The van der Waals surface area contributed by atoms with Crippen molar-refractivity contribution in [3.8, 4) is 0 Å². The maximum Gasteiger partial charge on any atom is 0.128 e. The first kappa shape index (κ1) is 13.1. The number of hydrogen-bond donors (Lipinski definition) is 1. The molecule has 2 bridgehead atoms. The standard InChI is InChI=1S/C16H22N4O/c21-18-15-12-4-5-13(11-12)16(15)20-9-7-19(8-10-20)14-3-1-2-6-17-14/h1-3,6,12-13,16,21H,4-5,7-11H2/b18-15+. The molecule has 5 heteroatoms. The highest BCUT2D eigenvalue weighted by molar-refractivity contribution is 5.94. The monoisotopic (exact) mass is 286 g/mol. The fraction of sp³-hybridized carbons (Fsp3) is 0.625. The predicted molar refractivity (Wildman–Crippen MR) is 81.9 cm³/mol. The summed E-state index contributed by atoms with van der Waals surface area (Å²) in [5.74, 6) is 2.32. The third kappa shape index (κ3) is 2.20. The Balaban J connectivity index is 1.44. The van der Waals surface area contributed by atoms with Crippen LogP contribution in [-0.4, -0.2) is 53.0 Å². The third-order valence-corrected chi connectivity index (χ3v) is 5.44. The first-order valence-electron chi connectivity index (χ1n) is 7.98. The highest BCUT2D eigenvalue weighted by Crippen LogP contribution is 2.45. The van der Waals surface area contributed by atoms with E-state index < -0.39 is 0 Å². The topological polar surface area (TPSA) is 52.0 Å². The van der Waals surface area contributed by atoms with Gasteiger partial charge in [-0.25, -0.2) is 4.98 Å². The first-order chi connectivity index (χ1) is 10.4. The van der Waals surface area contributed by atoms with Gasteiger partial charge in [-0.3, -0.25) is 4.90 Å². The largest absolute Gasteiger partial charge is 0.411 e. The fourth-order valence-electron chi connectivity index (χ4n) is 4.45. The number of rotatable bonds is 2. The Morgan fingerprint density at radius 2 is 2.00 bits per heavy atom. The number of oxime groups is 1. The zero-order valence-corrected chi connectivity index (χ0v) is 12.2. The van der Waals surface area contributed by atoms with Crippen LogP contribution in [0.2, 0.25) is 0 Å². The van der Waals surface area contributed by atoms with Gasteiger partial charge in [0.05, 0.1) is 11.8 Å². The molecule has 0 amide bonds. The lowest BCUT2D eigenvalue weighted by Gasteiger charge is -2.41. The Morgan fingerprint density at radius 3 is 2.71 bits per heavy atom.